The van der Waals surface area contributed by atoms with Crippen LogP contribution < -0.4 is 31.4 Å². The Morgan fingerprint density at radius 3 is 2.42 bits per heavy atom. The van der Waals surface area contributed by atoms with Gasteiger partial charge in [0, 0.05) is 18.1 Å². The van der Waals surface area contributed by atoms with Crippen LogP contribution >= 0.6 is 0 Å². The Morgan fingerprint density at radius 2 is 1.69 bits per heavy atom. The highest BCUT2D eigenvalue weighted by Gasteiger charge is 2.41. The van der Waals surface area contributed by atoms with Crippen LogP contribution in [0.3, 0.4) is 0 Å². The van der Waals surface area contributed by atoms with Gasteiger partial charge in [0.2, 0.25) is 21.8 Å². The average Bonchev–Trinajstić information content (AvgIpc) is 3.90. The zero-order valence-electron chi connectivity index (χ0n) is 32.2. The maximum absolute atomic E-state index is 14.0. The van der Waals surface area contributed by atoms with Crippen LogP contribution in [0.5, 0.6) is 5.75 Å². The van der Waals surface area contributed by atoms with Gasteiger partial charge in [-0.25, -0.2) is 13.2 Å². The molecule has 16 heteroatoms. The molecule has 0 bridgehead atoms. The van der Waals surface area contributed by atoms with E-state index in [0.717, 1.165) is 55.9 Å². The van der Waals surface area contributed by atoms with Crippen molar-refractivity contribution >= 4 is 44.6 Å². The predicted octanol–water partition coefficient (Wildman–Crippen LogP) is 3.88. The minimum Gasteiger partial charge on any atom is -0.478 e. The van der Waals surface area contributed by atoms with E-state index in [1.807, 2.05) is 32.0 Å². The number of fused-ring (bicyclic) bond motifs is 2. The van der Waals surface area contributed by atoms with Crippen molar-refractivity contribution in [3.05, 3.63) is 40.3 Å². The number of hydrogen-bond donors (Lipinski definition) is 5. The first-order valence-corrected chi connectivity index (χ1v) is 21.4. The van der Waals surface area contributed by atoms with Gasteiger partial charge in [0.15, 0.2) is 0 Å². The number of carbonyl (C=O) groups excluding carboxylic acids is 4. The van der Waals surface area contributed by atoms with Crippen LogP contribution in [0.25, 0.3) is 10.8 Å². The Morgan fingerprint density at radius 1 is 0.964 bits per heavy atom. The number of nitrogens with two attached hydrogens (primary N) is 1. The summed E-state index contributed by atoms with van der Waals surface area (Å²) >= 11 is 0. The van der Waals surface area contributed by atoms with Crippen LogP contribution in [0.4, 0.5) is 4.79 Å². The molecule has 2 aromatic rings. The SMILES string of the molecule is CC(C)(CCCCc1cc2c(=O)[nH]ccc2cc1OCN)COC(=O)N[C@H]1CCCCCCCCC(C(=O)NS(=O)(=O)C2CC2)NC(=O)[C@@H]2CCCN2C1=O. The van der Waals surface area contributed by atoms with Gasteiger partial charge in [0.05, 0.1) is 11.9 Å². The zero-order chi connectivity index (χ0) is 39.6. The second-order valence-corrected chi connectivity index (χ2v) is 17.9. The number of sulfonamides is 1. The third-order valence-electron chi connectivity index (χ3n) is 10.8. The summed E-state index contributed by atoms with van der Waals surface area (Å²) in [5, 5.41) is 6.33. The number of carbonyl (C=O) groups is 4. The number of amides is 4. The molecule has 304 valence electrons. The largest absolute Gasteiger partial charge is 0.478 e. The van der Waals surface area contributed by atoms with Crippen LogP contribution in [0.15, 0.2) is 29.2 Å². The molecular weight excluding hydrogens is 729 g/mol. The molecule has 15 nitrogen and oxygen atoms in total. The zero-order valence-corrected chi connectivity index (χ0v) is 33.0. The molecule has 2 saturated heterocycles. The van der Waals surface area contributed by atoms with E-state index in [1.165, 1.54) is 4.90 Å². The van der Waals surface area contributed by atoms with Crippen molar-refractivity contribution in [2.24, 2.45) is 11.1 Å². The molecule has 3 fully saturated rings. The fourth-order valence-electron chi connectivity index (χ4n) is 7.49. The van der Waals surface area contributed by atoms with Crippen molar-refractivity contribution in [3.8, 4) is 5.75 Å². The Hall–Kier alpha value is -4.18. The number of nitrogens with one attached hydrogen (secondary N) is 4. The van der Waals surface area contributed by atoms with Crippen molar-refractivity contribution in [1.29, 1.82) is 0 Å². The number of hydrogen-bond acceptors (Lipinski definition) is 10. The van der Waals surface area contributed by atoms with E-state index >= 15 is 0 Å². The number of nitrogens with zero attached hydrogens (tertiary/aromatic N) is 1. The Labute approximate surface area is 323 Å². The smallest absolute Gasteiger partial charge is 0.407 e. The summed E-state index contributed by atoms with van der Waals surface area (Å²) in [5.41, 5.74) is 6.03. The number of rotatable bonds is 13. The van der Waals surface area contributed by atoms with Gasteiger partial charge in [-0.15, -0.1) is 0 Å². The number of aromatic nitrogens is 1. The summed E-state index contributed by atoms with van der Waals surface area (Å²) in [6.45, 7) is 4.49. The lowest BCUT2D eigenvalue weighted by Crippen LogP contribution is -2.56. The molecule has 55 heavy (non-hydrogen) atoms. The van der Waals surface area contributed by atoms with E-state index in [1.54, 1.807) is 6.20 Å². The van der Waals surface area contributed by atoms with Crippen molar-refractivity contribution in [2.75, 3.05) is 19.9 Å². The monoisotopic (exact) mass is 786 g/mol. The standard InChI is InChI=1S/C39H58N6O9S/c1-39(2,19-10-9-12-27-22-29-26(18-20-41-34(29)46)23-33(27)54-25-40)24-53-38(50)43-31-14-8-6-4-3-5-7-13-30(35(47)44-55(51,52)28-16-17-28)42-36(48)32-15-11-21-45(32)37(31)49/h18,20,22-23,28,30-32H,3-17,19,21,24-25,40H2,1-2H3,(H,41,46)(H,42,48)(H,43,50)(H,44,47)/t30?,31-,32-/m0/s1. The number of alkyl carbamates (subject to hydrolysis) is 1. The van der Waals surface area contributed by atoms with Crippen molar-refractivity contribution in [3.63, 3.8) is 0 Å². The molecular formula is C39H58N6O9S. The molecule has 2 aliphatic heterocycles. The molecule has 4 amide bonds. The Balaban J connectivity index is 1.15. The third kappa shape index (κ3) is 11.9. The molecule has 0 spiro atoms. The summed E-state index contributed by atoms with van der Waals surface area (Å²) in [7, 11) is -3.79. The van der Waals surface area contributed by atoms with Crippen LogP contribution in [0.1, 0.15) is 116 Å². The van der Waals surface area contributed by atoms with E-state index < -0.39 is 51.3 Å². The number of pyridine rings is 1. The minimum absolute atomic E-state index is 0.0190. The van der Waals surface area contributed by atoms with Crippen LogP contribution in [-0.2, 0) is 35.6 Å². The number of ether oxygens (including phenoxy) is 2. The maximum atomic E-state index is 14.0. The first-order chi connectivity index (χ1) is 26.3. The number of benzene rings is 1. The predicted molar refractivity (Wildman–Crippen MR) is 208 cm³/mol. The Bertz CT molecular complexity index is 1840. The van der Waals surface area contributed by atoms with E-state index in [9.17, 15) is 32.4 Å². The first-order valence-electron chi connectivity index (χ1n) is 19.8. The molecule has 1 aromatic heterocycles. The fourth-order valence-corrected chi connectivity index (χ4v) is 8.84. The summed E-state index contributed by atoms with van der Waals surface area (Å²) in [6, 6.07) is 2.73. The second kappa shape index (κ2) is 19.1. The van der Waals surface area contributed by atoms with Gasteiger partial charge in [0.25, 0.3) is 11.5 Å². The summed E-state index contributed by atoms with van der Waals surface area (Å²) in [4.78, 5) is 70.4. The van der Waals surface area contributed by atoms with E-state index in [4.69, 9.17) is 15.2 Å². The highest BCUT2D eigenvalue weighted by atomic mass is 32.2. The van der Waals surface area contributed by atoms with Crippen molar-refractivity contribution in [2.45, 2.75) is 140 Å². The summed E-state index contributed by atoms with van der Waals surface area (Å²) in [5.74, 6) is -0.989. The average molecular weight is 787 g/mol. The molecule has 3 heterocycles. The Kier molecular flexibility index (Phi) is 14.6. The molecule has 1 saturated carbocycles. The van der Waals surface area contributed by atoms with Gasteiger partial charge in [-0.1, -0.05) is 58.8 Å². The highest BCUT2D eigenvalue weighted by molar-refractivity contribution is 7.90. The van der Waals surface area contributed by atoms with Crippen LogP contribution in [-0.4, -0.2) is 85.4 Å². The maximum Gasteiger partial charge on any atom is 0.407 e. The molecule has 5 rings (SSSR count). The molecule has 1 aromatic carbocycles. The van der Waals surface area contributed by atoms with Crippen molar-refractivity contribution < 1.29 is 37.1 Å². The fraction of sp³-hybridized carbons (Fsp3) is 0.667. The van der Waals surface area contributed by atoms with Gasteiger partial charge in [0.1, 0.15) is 30.6 Å². The van der Waals surface area contributed by atoms with Crippen LogP contribution in [0.2, 0.25) is 0 Å². The molecule has 1 aliphatic carbocycles. The first kappa shape index (κ1) is 42.0. The van der Waals surface area contributed by atoms with E-state index in [-0.39, 0.29) is 30.2 Å². The molecule has 0 radical (unpaired) electrons. The van der Waals surface area contributed by atoms with Crippen LogP contribution in [0, 0.1) is 5.41 Å². The lowest BCUT2D eigenvalue weighted by Gasteiger charge is -2.30. The molecule has 1 unspecified atom stereocenters. The highest BCUT2D eigenvalue weighted by Crippen LogP contribution is 2.30. The van der Waals surface area contributed by atoms with Gasteiger partial charge in [-0.3, -0.25) is 29.6 Å². The van der Waals surface area contributed by atoms with Gasteiger partial charge in [-0.2, -0.15) is 0 Å². The van der Waals surface area contributed by atoms with Gasteiger partial charge >= 0.3 is 6.09 Å². The molecule has 3 atom stereocenters. The summed E-state index contributed by atoms with van der Waals surface area (Å²) < 4.78 is 38.5. The van der Waals surface area contributed by atoms with Gasteiger partial charge < -0.3 is 30.0 Å². The number of aromatic amines is 1. The lowest BCUT2D eigenvalue weighted by atomic mass is 9.87. The van der Waals surface area contributed by atoms with E-state index in [0.29, 0.717) is 75.5 Å². The molecule has 3 aliphatic rings. The number of aryl methyl sites for hydroxylation is 1. The number of H-pyrrole nitrogens is 1. The third-order valence-corrected chi connectivity index (χ3v) is 12.7. The quantitative estimate of drug-likeness (QED) is 0.146. The topological polar surface area (TPSA) is 219 Å². The normalized spacial score (nSPS) is 21.9. The van der Waals surface area contributed by atoms with Crippen molar-refractivity contribution in [1.82, 2.24) is 25.2 Å². The lowest BCUT2D eigenvalue weighted by molar-refractivity contribution is -0.140. The van der Waals surface area contributed by atoms with E-state index in [2.05, 4.69) is 20.3 Å². The van der Waals surface area contributed by atoms with Gasteiger partial charge in [-0.05, 0) is 92.4 Å². The minimum atomic E-state index is -3.79. The summed E-state index contributed by atoms with van der Waals surface area (Å²) in [6.07, 6.45) is 11.4. The second-order valence-electron chi connectivity index (χ2n) is 16.0. The number of unbranched alkanes of at least 4 members (excludes halogenated alkanes) is 1. The molecule has 6 N–H and O–H groups in total.